The first-order chi connectivity index (χ1) is 16.8. The predicted molar refractivity (Wildman–Crippen MR) is 134 cm³/mol. The number of amidine groups is 1. The summed E-state index contributed by atoms with van der Waals surface area (Å²) in [4.78, 5) is 42.0. The quantitative estimate of drug-likeness (QED) is 0.506. The molecule has 0 radical (unpaired) electrons. The van der Waals surface area contributed by atoms with Gasteiger partial charge in [-0.05, 0) is 48.9 Å². The molecule has 1 aromatic heterocycles. The molecule has 0 unspecified atom stereocenters. The summed E-state index contributed by atoms with van der Waals surface area (Å²) in [6, 6.07) is 16.2. The molecule has 35 heavy (non-hydrogen) atoms. The molecule has 2 heterocycles. The first-order valence-corrected chi connectivity index (χ1v) is 11.5. The summed E-state index contributed by atoms with van der Waals surface area (Å²) in [5.41, 5.74) is 1.74. The molecule has 1 atom stereocenters. The number of carbonyl (C=O) groups is 2. The topological polar surface area (TPSA) is 118 Å². The zero-order chi connectivity index (χ0) is 25.1. The Bertz CT molecular complexity index is 1380. The van der Waals surface area contributed by atoms with Crippen molar-refractivity contribution in [1.29, 1.82) is 0 Å². The zero-order valence-corrected chi connectivity index (χ0v) is 20.1. The van der Waals surface area contributed by atoms with Gasteiger partial charge in [-0.2, -0.15) is 10.1 Å². The maximum absolute atomic E-state index is 13.3. The van der Waals surface area contributed by atoms with Crippen molar-refractivity contribution in [2.45, 2.75) is 18.6 Å². The molecule has 1 amide bonds. The van der Waals surface area contributed by atoms with Crippen molar-refractivity contribution < 1.29 is 19.4 Å². The molecule has 1 saturated heterocycles. The molecule has 1 aliphatic rings. The molecule has 10 nitrogen and oxygen atoms in total. The van der Waals surface area contributed by atoms with Crippen LogP contribution in [0.15, 0.2) is 69.5 Å². The van der Waals surface area contributed by atoms with Crippen molar-refractivity contribution in [2.75, 3.05) is 7.11 Å². The van der Waals surface area contributed by atoms with Crippen molar-refractivity contribution in [3.8, 4) is 11.4 Å². The van der Waals surface area contributed by atoms with Crippen molar-refractivity contribution in [3.63, 3.8) is 0 Å². The second kappa shape index (κ2) is 10.0. The first kappa shape index (κ1) is 24.0. The van der Waals surface area contributed by atoms with Crippen molar-refractivity contribution in [1.82, 2.24) is 14.4 Å². The van der Waals surface area contributed by atoms with Gasteiger partial charge in [0.15, 0.2) is 10.9 Å². The van der Waals surface area contributed by atoms with Crippen LogP contribution in [0.1, 0.15) is 17.7 Å². The summed E-state index contributed by atoms with van der Waals surface area (Å²) in [6.45, 7) is 1.75. The number of benzene rings is 2. The molecule has 2 aromatic carbocycles. The zero-order valence-electron chi connectivity index (χ0n) is 19.3. The first-order valence-electron chi connectivity index (χ1n) is 10.6. The molecule has 1 N–H and O–H groups in total. The largest absolute Gasteiger partial charge is 0.497 e. The summed E-state index contributed by atoms with van der Waals surface area (Å²) in [5, 5.41) is 13.8. The number of hydrogen-bond donors (Lipinski definition) is 1. The van der Waals surface area contributed by atoms with Gasteiger partial charge in [-0.25, -0.2) is 9.67 Å². The second-order valence-electron chi connectivity index (χ2n) is 7.68. The lowest BCUT2D eigenvalue weighted by Gasteiger charge is -2.09. The Morgan fingerprint density at radius 3 is 2.46 bits per heavy atom. The molecule has 1 aliphatic heterocycles. The number of ether oxygens (including phenoxy) is 1. The minimum Gasteiger partial charge on any atom is -0.497 e. The average molecular weight is 494 g/mol. The van der Waals surface area contributed by atoms with Crippen LogP contribution < -0.4 is 10.3 Å². The number of carboxylic acids is 1. The lowest BCUT2D eigenvalue weighted by atomic mass is 10.2. The molecule has 11 heteroatoms. The van der Waals surface area contributed by atoms with E-state index < -0.39 is 17.1 Å². The van der Waals surface area contributed by atoms with Gasteiger partial charge in [0.05, 0.1) is 31.1 Å². The van der Waals surface area contributed by atoms with Crippen molar-refractivity contribution >= 4 is 40.7 Å². The second-order valence-corrected chi connectivity index (χ2v) is 8.85. The summed E-state index contributed by atoms with van der Waals surface area (Å²) in [6.07, 6.45) is 1.08. The smallest absolute Gasteiger partial charge is 0.305 e. The molecule has 180 valence electrons. The van der Waals surface area contributed by atoms with E-state index in [0.29, 0.717) is 22.7 Å². The SMILES string of the molecule is COc1ccc(/C=N\N2C(=O)[C@@H](CC(=O)O)SC2=Nc2c(C)n(C)n(-c3ccccc3)c2=O)cc1. The van der Waals surface area contributed by atoms with Crippen LogP contribution in [0.5, 0.6) is 5.75 Å². The summed E-state index contributed by atoms with van der Waals surface area (Å²) >= 11 is 0.974. The molecule has 0 spiro atoms. The maximum atomic E-state index is 13.3. The number of amides is 1. The molecule has 0 bridgehead atoms. The minimum absolute atomic E-state index is 0.136. The van der Waals surface area contributed by atoms with E-state index in [2.05, 4.69) is 10.1 Å². The molecule has 4 rings (SSSR count). The standard InChI is InChI=1S/C24H23N5O5S/c1-15-21(23(33)29(27(15)2)17-7-5-4-6-8-17)26-24-28(22(32)19(35-24)13-20(30)31)25-14-16-9-11-18(34-3)12-10-16/h4-12,14,19H,13H2,1-3H3,(H,30,31)/b25-14-,26-24?/t19-/m1/s1. The lowest BCUT2D eigenvalue weighted by Crippen LogP contribution is -2.28. The number of thioether (sulfide) groups is 1. The highest BCUT2D eigenvalue weighted by atomic mass is 32.2. The Morgan fingerprint density at radius 1 is 1.14 bits per heavy atom. The van der Waals surface area contributed by atoms with Gasteiger partial charge in [0.1, 0.15) is 11.0 Å². The van der Waals surface area contributed by atoms with Crippen molar-refractivity contribution in [2.24, 2.45) is 17.1 Å². The molecule has 0 saturated carbocycles. The van der Waals surface area contributed by atoms with E-state index in [9.17, 15) is 19.5 Å². The average Bonchev–Trinajstić information content (AvgIpc) is 3.25. The number of aromatic nitrogens is 2. The lowest BCUT2D eigenvalue weighted by molar-refractivity contribution is -0.139. The summed E-state index contributed by atoms with van der Waals surface area (Å²) in [5.74, 6) is -0.954. The Labute approximate surface area is 205 Å². The number of para-hydroxylation sites is 1. The van der Waals surface area contributed by atoms with Crippen LogP contribution in [0.25, 0.3) is 5.69 Å². The van der Waals surface area contributed by atoms with Crippen LogP contribution in [-0.4, -0.2) is 55.1 Å². The van der Waals surface area contributed by atoms with Crippen LogP contribution in [0.4, 0.5) is 5.69 Å². The van der Waals surface area contributed by atoms with E-state index in [1.807, 2.05) is 18.2 Å². The molecular weight excluding hydrogens is 470 g/mol. The Kier molecular flexibility index (Phi) is 6.87. The fourth-order valence-corrected chi connectivity index (χ4v) is 4.58. The fraction of sp³-hybridized carbons (Fsp3) is 0.208. The molecule has 0 aliphatic carbocycles. The molecule has 3 aromatic rings. The van der Waals surface area contributed by atoms with Crippen LogP contribution in [0.2, 0.25) is 0 Å². The van der Waals surface area contributed by atoms with Crippen molar-refractivity contribution in [3.05, 3.63) is 76.2 Å². The number of methoxy groups -OCH3 is 1. The van der Waals surface area contributed by atoms with Gasteiger partial charge in [0.2, 0.25) is 0 Å². The van der Waals surface area contributed by atoms with Gasteiger partial charge in [-0.1, -0.05) is 30.0 Å². The number of carboxylic acid groups (broad SMARTS) is 1. The van der Waals surface area contributed by atoms with Gasteiger partial charge in [-0.15, -0.1) is 0 Å². The predicted octanol–water partition coefficient (Wildman–Crippen LogP) is 2.93. The van der Waals surface area contributed by atoms with E-state index >= 15 is 0 Å². The Morgan fingerprint density at radius 2 is 1.83 bits per heavy atom. The fourth-order valence-electron chi connectivity index (χ4n) is 3.52. The number of carbonyl (C=O) groups excluding carboxylic acids is 1. The highest BCUT2D eigenvalue weighted by Gasteiger charge is 2.40. The summed E-state index contributed by atoms with van der Waals surface area (Å²) < 4.78 is 8.30. The van der Waals surface area contributed by atoms with E-state index in [4.69, 9.17) is 4.74 Å². The number of nitrogens with zero attached hydrogens (tertiary/aromatic N) is 5. The number of rotatable bonds is 7. The Hall–Kier alpha value is -4.12. The Balaban J connectivity index is 1.74. The summed E-state index contributed by atoms with van der Waals surface area (Å²) in [7, 11) is 3.30. The third-order valence-corrected chi connectivity index (χ3v) is 6.57. The minimum atomic E-state index is -1.11. The maximum Gasteiger partial charge on any atom is 0.305 e. The third-order valence-electron chi connectivity index (χ3n) is 5.44. The van der Waals surface area contributed by atoms with E-state index in [0.717, 1.165) is 16.8 Å². The van der Waals surface area contributed by atoms with Gasteiger partial charge in [0.25, 0.3) is 11.5 Å². The highest BCUT2D eigenvalue weighted by molar-refractivity contribution is 8.15. The van der Waals surface area contributed by atoms with Crippen LogP contribution >= 0.6 is 11.8 Å². The van der Waals surface area contributed by atoms with E-state index in [1.54, 1.807) is 62.2 Å². The van der Waals surface area contributed by atoms with Gasteiger partial charge < -0.3 is 9.84 Å². The van der Waals surface area contributed by atoms with Gasteiger partial charge in [0, 0.05) is 7.05 Å². The van der Waals surface area contributed by atoms with Gasteiger partial charge in [-0.3, -0.25) is 19.1 Å². The monoisotopic (exact) mass is 493 g/mol. The van der Waals surface area contributed by atoms with E-state index in [1.165, 1.54) is 10.9 Å². The molecule has 1 fully saturated rings. The van der Waals surface area contributed by atoms with Crippen LogP contribution in [0.3, 0.4) is 0 Å². The third kappa shape index (κ3) is 4.90. The number of hydrazone groups is 1. The number of aliphatic imine (C=N–C) groups is 1. The number of aliphatic carboxylic acids is 1. The molecular formula is C24H23N5O5S. The number of hydrogen-bond acceptors (Lipinski definition) is 7. The van der Waals surface area contributed by atoms with Crippen LogP contribution in [-0.2, 0) is 16.6 Å². The van der Waals surface area contributed by atoms with Gasteiger partial charge >= 0.3 is 5.97 Å². The normalized spacial score (nSPS) is 17.0. The van der Waals surface area contributed by atoms with Crippen LogP contribution in [0, 0.1) is 6.92 Å². The highest BCUT2D eigenvalue weighted by Crippen LogP contribution is 2.32. The van der Waals surface area contributed by atoms with E-state index in [-0.39, 0.29) is 22.8 Å².